The van der Waals surface area contributed by atoms with Gasteiger partial charge in [0.1, 0.15) is 0 Å². The van der Waals surface area contributed by atoms with E-state index in [9.17, 15) is 4.79 Å². The maximum absolute atomic E-state index is 11.3. The van der Waals surface area contributed by atoms with Crippen LogP contribution in [0.2, 0.25) is 0 Å². The molecule has 1 saturated carbocycles. The standard InChI is InChI=1S/C8H11N3O.C2H6/c1-6-4-9-11(5-6)8(12)10-7-2-3-7;1-2/h4-5,7H,2-3H2,1H3,(H,10,12);1-2H3. The Morgan fingerprint density at radius 1 is 1.57 bits per heavy atom. The van der Waals surface area contributed by atoms with Gasteiger partial charge in [-0.2, -0.15) is 9.78 Å². The van der Waals surface area contributed by atoms with E-state index in [1.54, 1.807) is 12.4 Å². The highest BCUT2D eigenvalue weighted by molar-refractivity contribution is 5.76. The minimum atomic E-state index is -0.120. The van der Waals surface area contributed by atoms with E-state index in [1.807, 2.05) is 20.8 Å². The van der Waals surface area contributed by atoms with Crippen molar-refractivity contribution >= 4 is 6.03 Å². The van der Waals surface area contributed by atoms with Gasteiger partial charge in [-0.1, -0.05) is 13.8 Å². The minimum absolute atomic E-state index is 0.120. The van der Waals surface area contributed by atoms with E-state index >= 15 is 0 Å². The molecule has 0 unspecified atom stereocenters. The summed E-state index contributed by atoms with van der Waals surface area (Å²) in [5.74, 6) is 0. The number of rotatable bonds is 1. The van der Waals surface area contributed by atoms with Gasteiger partial charge >= 0.3 is 6.03 Å². The van der Waals surface area contributed by atoms with Crippen LogP contribution in [-0.4, -0.2) is 21.9 Å². The smallest absolute Gasteiger partial charge is 0.333 e. The molecule has 1 aromatic rings. The second-order valence-electron chi connectivity index (χ2n) is 3.19. The Hall–Kier alpha value is -1.32. The van der Waals surface area contributed by atoms with Crippen molar-refractivity contribution in [2.24, 2.45) is 0 Å². The third kappa shape index (κ3) is 2.87. The number of aromatic nitrogens is 2. The molecule has 14 heavy (non-hydrogen) atoms. The summed E-state index contributed by atoms with van der Waals surface area (Å²) in [4.78, 5) is 11.3. The van der Waals surface area contributed by atoms with Crippen LogP contribution in [0.25, 0.3) is 0 Å². The molecule has 0 aromatic carbocycles. The summed E-state index contributed by atoms with van der Waals surface area (Å²) in [6, 6.07) is 0.271. The van der Waals surface area contributed by atoms with E-state index in [0.29, 0.717) is 6.04 Å². The van der Waals surface area contributed by atoms with E-state index < -0.39 is 0 Å². The zero-order chi connectivity index (χ0) is 10.6. The van der Waals surface area contributed by atoms with E-state index in [-0.39, 0.29) is 6.03 Å². The molecule has 0 saturated heterocycles. The summed E-state index contributed by atoms with van der Waals surface area (Å²) in [6.07, 6.45) is 5.60. The first kappa shape index (κ1) is 10.8. The highest BCUT2D eigenvalue weighted by Gasteiger charge is 2.23. The van der Waals surface area contributed by atoms with Crippen LogP contribution in [0, 0.1) is 6.92 Å². The van der Waals surface area contributed by atoms with Gasteiger partial charge in [-0.3, -0.25) is 0 Å². The third-order valence-electron chi connectivity index (χ3n) is 1.82. The van der Waals surface area contributed by atoms with Crippen molar-refractivity contribution in [3.63, 3.8) is 0 Å². The zero-order valence-electron chi connectivity index (χ0n) is 8.95. The van der Waals surface area contributed by atoms with Gasteiger partial charge < -0.3 is 5.32 Å². The minimum Gasteiger partial charge on any atom is -0.333 e. The Balaban J connectivity index is 0.000000461. The molecule has 0 aliphatic heterocycles. The van der Waals surface area contributed by atoms with Gasteiger partial charge in [0.15, 0.2) is 0 Å². The van der Waals surface area contributed by atoms with Crippen molar-refractivity contribution in [1.29, 1.82) is 0 Å². The highest BCUT2D eigenvalue weighted by atomic mass is 16.2. The molecule has 0 bridgehead atoms. The quantitative estimate of drug-likeness (QED) is 0.744. The molecule has 1 aliphatic rings. The number of carbonyl (C=O) groups excluding carboxylic acids is 1. The number of hydrogen-bond acceptors (Lipinski definition) is 2. The number of aryl methyl sites for hydroxylation is 1. The monoisotopic (exact) mass is 195 g/mol. The molecule has 78 valence electrons. The average Bonchev–Trinajstić information content (AvgIpc) is 2.89. The van der Waals surface area contributed by atoms with Crippen LogP contribution in [-0.2, 0) is 0 Å². The molecule has 2 rings (SSSR count). The van der Waals surface area contributed by atoms with Crippen LogP contribution >= 0.6 is 0 Å². The fourth-order valence-corrected chi connectivity index (χ4v) is 0.992. The Kier molecular flexibility index (Phi) is 3.68. The van der Waals surface area contributed by atoms with Gasteiger partial charge in [-0.05, 0) is 25.3 Å². The largest absolute Gasteiger partial charge is 0.342 e. The predicted molar refractivity (Wildman–Crippen MR) is 55.3 cm³/mol. The number of nitrogens with zero attached hydrogens (tertiary/aromatic N) is 2. The lowest BCUT2D eigenvalue weighted by Gasteiger charge is -2.00. The van der Waals surface area contributed by atoms with E-state index in [0.717, 1.165) is 18.4 Å². The normalized spacial score (nSPS) is 14.2. The van der Waals surface area contributed by atoms with Crippen LogP contribution < -0.4 is 5.32 Å². The summed E-state index contributed by atoms with van der Waals surface area (Å²) in [6.45, 7) is 5.91. The second-order valence-corrected chi connectivity index (χ2v) is 3.19. The van der Waals surface area contributed by atoms with Crippen LogP contribution in [0.1, 0.15) is 32.3 Å². The van der Waals surface area contributed by atoms with Crippen molar-refractivity contribution in [3.05, 3.63) is 18.0 Å². The molecule has 1 fully saturated rings. The first-order valence-electron chi connectivity index (χ1n) is 5.08. The van der Waals surface area contributed by atoms with E-state index in [4.69, 9.17) is 0 Å². The van der Waals surface area contributed by atoms with Gasteiger partial charge in [0.05, 0.1) is 6.20 Å². The molecule has 1 aromatic heterocycles. The Morgan fingerprint density at radius 3 is 2.64 bits per heavy atom. The van der Waals surface area contributed by atoms with Crippen molar-refractivity contribution in [2.75, 3.05) is 0 Å². The lowest BCUT2D eigenvalue weighted by molar-refractivity contribution is 0.239. The summed E-state index contributed by atoms with van der Waals surface area (Å²) in [5, 5.41) is 6.75. The Bertz CT molecular complexity index is 302. The van der Waals surface area contributed by atoms with Crippen molar-refractivity contribution in [2.45, 2.75) is 39.7 Å². The lowest BCUT2D eigenvalue weighted by Crippen LogP contribution is -2.30. The molecule has 4 nitrogen and oxygen atoms in total. The van der Waals surface area contributed by atoms with E-state index in [2.05, 4.69) is 10.4 Å². The molecule has 1 amide bonds. The lowest BCUT2D eigenvalue weighted by atomic mass is 10.4. The number of hydrogen-bond donors (Lipinski definition) is 1. The fourth-order valence-electron chi connectivity index (χ4n) is 0.992. The first-order valence-corrected chi connectivity index (χ1v) is 5.08. The Labute approximate surface area is 84.3 Å². The fraction of sp³-hybridized carbons (Fsp3) is 0.600. The topological polar surface area (TPSA) is 46.9 Å². The van der Waals surface area contributed by atoms with E-state index in [1.165, 1.54) is 4.68 Å². The van der Waals surface area contributed by atoms with Crippen LogP contribution in [0.3, 0.4) is 0 Å². The molecule has 0 radical (unpaired) electrons. The van der Waals surface area contributed by atoms with Crippen LogP contribution in [0.15, 0.2) is 12.4 Å². The summed E-state index contributed by atoms with van der Waals surface area (Å²) in [7, 11) is 0. The second kappa shape index (κ2) is 4.79. The summed E-state index contributed by atoms with van der Waals surface area (Å²) >= 11 is 0. The first-order chi connectivity index (χ1) is 6.75. The molecule has 1 heterocycles. The molecule has 1 N–H and O–H groups in total. The highest BCUT2D eigenvalue weighted by Crippen LogP contribution is 2.18. The van der Waals surface area contributed by atoms with Crippen molar-refractivity contribution < 1.29 is 4.79 Å². The SMILES string of the molecule is CC.Cc1cnn(C(=O)NC2CC2)c1. The molecule has 0 atom stereocenters. The van der Waals surface area contributed by atoms with Crippen molar-refractivity contribution in [3.8, 4) is 0 Å². The molecule has 4 heteroatoms. The number of amides is 1. The van der Waals surface area contributed by atoms with Gasteiger partial charge in [-0.15, -0.1) is 0 Å². The van der Waals surface area contributed by atoms with Gasteiger partial charge in [0.25, 0.3) is 0 Å². The van der Waals surface area contributed by atoms with Gasteiger partial charge in [-0.25, -0.2) is 4.79 Å². The maximum Gasteiger partial charge on any atom is 0.342 e. The predicted octanol–water partition coefficient (Wildman–Crippen LogP) is 1.94. The molecular weight excluding hydrogens is 178 g/mol. The summed E-state index contributed by atoms with van der Waals surface area (Å²) < 4.78 is 1.34. The Morgan fingerprint density at radius 2 is 2.21 bits per heavy atom. The van der Waals surface area contributed by atoms with Crippen LogP contribution in [0.5, 0.6) is 0 Å². The van der Waals surface area contributed by atoms with Gasteiger partial charge in [0.2, 0.25) is 0 Å². The molecular formula is C10H17N3O. The number of nitrogens with one attached hydrogen (secondary N) is 1. The van der Waals surface area contributed by atoms with Gasteiger partial charge in [0, 0.05) is 12.2 Å². The van der Waals surface area contributed by atoms with Crippen LogP contribution in [0.4, 0.5) is 4.79 Å². The molecule has 0 spiro atoms. The number of carbonyl (C=O) groups is 1. The maximum atomic E-state index is 11.3. The average molecular weight is 195 g/mol. The van der Waals surface area contributed by atoms with Crippen molar-refractivity contribution in [1.82, 2.24) is 15.1 Å². The molecule has 1 aliphatic carbocycles. The summed E-state index contributed by atoms with van der Waals surface area (Å²) in [5.41, 5.74) is 1.00. The third-order valence-corrected chi connectivity index (χ3v) is 1.82. The zero-order valence-corrected chi connectivity index (χ0v) is 8.95.